The van der Waals surface area contributed by atoms with Crippen molar-refractivity contribution >= 4 is 17.7 Å². The molecule has 2 aromatic rings. The molecule has 0 atom stereocenters. The molecule has 134 valence electrons. The zero-order valence-electron chi connectivity index (χ0n) is 15.0. The first-order valence-corrected chi connectivity index (χ1v) is 8.58. The number of hydrogen-bond acceptors (Lipinski definition) is 4. The van der Waals surface area contributed by atoms with E-state index in [0.717, 1.165) is 23.3 Å². The highest BCUT2D eigenvalue weighted by Gasteiger charge is 2.22. The third kappa shape index (κ3) is 4.11. The summed E-state index contributed by atoms with van der Waals surface area (Å²) < 4.78 is 11.0. The van der Waals surface area contributed by atoms with Crippen LogP contribution in [0, 0.1) is 0 Å². The highest BCUT2D eigenvalue weighted by atomic mass is 16.5. The van der Waals surface area contributed by atoms with Crippen molar-refractivity contribution < 1.29 is 14.3 Å². The molecule has 0 fully saturated rings. The summed E-state index contributed by atoms with van der Waals surface area (Å²) in [6.07, 6.45) is 4.67. The number of allylic oxidation sites excluding steroid dienone is 1. The van der Waals surface area contributed by atoms with Crippen molar-refractivity contribution in [1.29, 1.82) is 0 Å². The van der Waals surface area contributed by atoms with Crippen LogP contribution in [0.5, 0.6) is 11.5 Å². The molecule has 0 saturated carbocycles. The molecule has 1 heterocycles. The van der Waals surface area contributed by atoms with Gasteiger partial charge in [-0.15, -0.1) is 0 Å². The Morgan fingerprint density at radius 1 is 1.19 bits per heavy atom. The van der Waals surface area contributed by atoms with Gasteiger partial charge in [-0.1, -0.05) is 48.6 Å². The minimum atomic E-state index is -0.171. The zero-order valence-corrected chi connectivity index (χ0v) is 15.0. The van der Waals surface area contributed by atoms with Crippen LogP contribution in [0.3, 0.4) is 0 Å². The van der Waals surface area contributed by atoms with Crippen molar-refractivity contribution in [3.63, 3.8) is 0 Å². The molecule has 5 nitrogen and oxygen atoms in total. The third-order valence-electron chi connectivity index (χ3n) is 4.09. The van der Waals surface area contributed by atoms with E-state index in [1.165, 1.54) is 5.01 Å². The van der Waals surface area contributed by atoms with Gasteiger partial charge in [0.15, 0.2) is 18.1 Å². The van der Waals surface area contributed by atoms with E-state index in [1.54, 1.807) is 7.11 Å². The molecule has 0 radical (unpaired) electrons. The topological polar surface area (TPSA) is 51.1 Å². The Morgan fingerprint density at radius 2 is 2.00 bits per heavy atom. The van der Waals surface area contributed by atoms with Crippen LogP contribution >= 0.6 is 0 Å². The summed E-state index contributed by atoms with van der Waals surface area (Å²) >= 11 is 0. The SMILES string of the molecule is C/C=C/c1ccc(OCC(=O)N2CCC(c3ccccc3)=N2)c(OC)c1. The molecule has 5 heteroatoms. The maximum atomic E-state index is 12.4. The second kappa shape index (κ2) is 8.34. The maximum absolute atomic E-state index is 12.4. The Labute approximate surface area is 153 Å². The Balaban J connectivity index is 1.63. The summed E-state index contributed by atoms with van der Waals surface area (Å²) in [7, 11) is 1.58. The average Bonchev–Trinajstić information content (AvgIpc) is 3.18. The summed E-state index contributed by atoms with van der Waals surface area (Å²) in [6, 6.07) is 15.5. The lowest BCUT2D eigenvalue weighted by Crippen LogP contribution is -2.28. The molecule has 0 N–H and O–H groups in total. The van der Waals surface area contributed by atoms with Gasteiger partial charge in [0.2, 0.25) is 0 Å². The Kier molecular flexibility index (Phi) is 5.69. The van der Waals surface area contributed by atoms with Crippen LogP contribution in [0.4, 0.5) is 0 Å². The number of amides is 1. The molecule has 0 unspecified atom stereocenters. The Hall–Kier alpha value is -3.08. The number of hydrogen-bond donors (Lipinski definition) is 0. The molecular weight excluding hydrogens is 328 g/mol. The first kappa shape index (κ1) is 17.7. The maximum Gasteiger partial charge on any atom is 0.280 e. The van der Waals surface area contributed by atoms with Gasteiger partial charge in [-0.05, 0) is 30.2 Å². The minimum Gasteiger partial charge on any atom is -0.493 e. The second-order valence-electron chi connectivity index (χ2n) is 5.88. The largest absolute Gasteiger partial charge is 0.493 e. The van der Waals surface area contributed by atoms with Crippen LogP contribution in [0.25, 0.3) is 6.08 Å². The first-order chi connectivity index (χ1) is 12.7. The molecule has 26 heavy (non-hydrogen) atoms. The monoisotopic (exact) mass is 350 g/mol. The Morgan fingerprint density at radius 3 is 2.73 bits per heavy atom. The highest BCUT2D eigenvalue weighted by molar-refractivity contribution is 6.02. The molecular formula is C21H22N2O3. The molecule has 1 amide bonds. The van der Waals surface area contributed by atoms with E-state index in [4.69, 9.17) is 9.47 Å². The van der Waals surface area contributed by atoms with Crippen LogP contribution in [0.15, 0.2) is 59.7 Å². The van der Waals surface area contributed by atoms with Gasteiger partial charge in [0.1, 0.15) is 0 Å². The fraction of sp³-hybridized carbons (Fsp3) is 0.238. The Bertz CT molecular complexity index is 828. The molecule has 3 rings (SSSR count). The van der Waals surface area contributed by atoms with Gasteiger partial charge >= 0.3 is 0 Å². The molecule has 1 aliphatic rings. The molecule has 2 aromatic carbocycles. The smallest absolute Gasteiger partial charge is 0.280 e. The fourth-order valence-electron chi connectivity index (χ4n) is 2.78. The van der Waals surface area contributed by atoms with Gasteiger partial charge in [-0.3, -0.25) is 4.79 Å². The van der Waals surface area contributed by atoms with Gasteiger partial charge in [-0.25, -0.2) is 5.01 Å². The molecule has 1 aliphatic heterocycles. The van der Waals surface area contributed by atoms with E-state index in [1.807, 2.05) is 67.6 Å². The third-order valence-corrected chi connectivity index (χ3v) is 4.09. The van der Waals surface area contributed by atoms with Crippen molar-refractivity contribution in [2.45, 2.75) is 13.3 Å². The fourth-order valence-corrected chi connectivity index (χ4v) is 2.78. The van der Waals surface area contributed by atoms with E-state index in [0.29, 0.717) is 18.0 Å². The first-order valence-electron chi connectivity index (χ1n) is 8.58. The number of carbonyl (C=O) groups is 1. The highest BCUT2D eigenvalue weighted by Crippen LogP contribution is 2.28. The number of nitrogens with zero attached hydrogens (tertiary/aromatic N) is 2. The second-order valence-corrected chi connectivity index (χ2v) is 5.88. The predicted octanol–water partition coefficient (Wildman–Crippen LogP) is 3.74. The summed E-state index contributed by atoms with van der Waals surface area (Å²) in [5.41, 5.74) is 2.98. The van der Waals surface area contributed by atoms with E-state index in [2.05, 4.69) is 5.10 Å². The lowest BCUT2D eigenvalue weighted by atomic mass is 10.1. The summed E-state index contributed by atoms with van der Waals surface area (Å²) in [5.74, 6) is 0.972. The van der Waals surface area contributed by atoms with Gasteiger partial charge < -0.3 is 9.47 Å². The molecule has 0 bridgehead atoms. The van der Waals surface area contributed by atoms with Crippen molar-refractivity contribution in [2.75, 3.05) is 20.3 Å². The molecule has 0 saturated heterocycles. The van der Waals surface area contributed by atoms with Crippen molar-refractivity contribution in [3.05, 3.63) is 65.7 Å². The number of carbonyl (C=O) groups excluding carboxylic acids is 1. The number of hydrazone groups is 1. The number of rotatable bonds is 6. The van der Waals surface area contributed by atoms with Crippen molar-refractivity contribution in [2.24, 2.45) is 5.10 Å². The quantitative estimate of drug-likeness (QED) is 0.797. The van der Waals surface area contributed by atoms with Gasteiger partial charge in [-0.2, -0.15) is 5.10 Å². The van der Waals surface area contributed by atoms with Crippen LogP contribution in [-0.2, 0) is 4.79 Å². The van der Waals surface area contributed by atoms with E-state index in [-0.39, 0.29) is 12.5 Å². The minimum absolute atomic E-state index is 0.0785. The van der Waals surface area contributed by atoms with E-state index in [9.17, 15) is 4.79 Å². The predicted molar refractivity (Wildman–Crippen MR) is 103 cm³/mol. The van der Waals surface area contributed by atoms with E-state index >= 15 is 0 Å². The number of benzene rings is 2. The summed E-state index contributed by atoms with van der Waals surface area (Å²) in [4.78, 5) is 12.4. The van der Waals surface area contributed by atoms with Gasteiger partial charge in [0.05, 0.1) is 19.4 Å². The van der Waals surface area contributed by atoms with Crippen LogP contribution in [0.1, 0.15) is 24.5 Å². The van der Waals surface area contributed by atoms with Gasteiger partial charge in [0.25, 0.3) is 5.91 Å². The van der Waals surface area contributed by atoms with Gasteiger partial charge in [0, 0.05) is 6.42 Å². The molecule has 0 aromatic heterocycles. The number of methoxy groups -OCH3 is 1. The van der Waals surface area contributed by atoms with E-state index < -0.39 is 0 Å². The number of ether oxygens (including phenoxy) is 2. The summed E-state index contributed by atoms with van der Waals surface area (Å²) in [5, 5.41) is 5.91. The summed E-state index contributed by atoms with van der Waals surface area (Å²) in [6.45, 7) is 2.45. The molecule has 0 spiro atoms. The van der Waals surface area contributed by atoms with Crippen LogP contribution in [0.2, 0.25) is 0 Å². The average molecular weight is 350 g/mol. The lowest BCUT2D eigenvalue weighted by Gasteiger charge is -2.14. The van der Waals surface area contributed by atoms with Crippen LogP contribution in [-0.4, -0.2) is 36.9 Å². The normalized spacial score (nSPS) is 13.8. The van der Waals surface area contributed by atoms with Crippen molar-refractivity contribution in [1.82, 2.24) is 5.01 Å². The molecule has 0 aliphatic carbocycles. The zero-order chi connectivity index (χ0) is 18.4. The standard InChI is InChI=1S/C21H22N2O3/c1-3-7-16-10-11-19(20(14-16)25-2)26-15-21(24)23-13-12-18(22-23)17-8-5-4-6-9-17/h3-11,14H,12-13,15H2,1-2H3/b7-3+. The van der Waals surface area contributed by atoms with Crippen LogP contribution < -0.4 is 9.47 Å². The lowest BCUT2D eigenvalue weighted by molar-refractivity contribution is -0.132. The van der Waals surface area contributed by atoms with Crippen molar-refractivity contribution in [3.8, 4) is 11.5 Å².